The maximum Gasteiger partial charge on any atom is 0.320 e. The lowest BCUT2D eigenvalue weighted by atomic mass is 10.1. The molecule has 0 atom stereocenters. The Morgan fingerprint density at radius 1 is 1.24 bits per heavy atom. The van der Waals surface area contributed by atoms with Crippen molar-refractivity contribution in [3.05, 3.63) is 47.7 Å². The molecule has 0 fully saturated rings. The van der Waals surface area contributed by atoms with Gasteiger partial charge in [0.25, 0.3) is 0 Å². The minimum absolute atomic E-state index is 0.201. The van der Waals surface area contributed by atoms with Crippen LogP contribution in [0.1, 0.15) is 24.1 Å². The summed E-state index contributed by atoms with van der Waals surface area (Å²) in [6.07, 6.45) is 3.07. The molecule has 2 amide bonds. The van der Waals surface area contributed by atoms with Crippen molar-refractivity contribution in [3.8, 4) is 0 Å². The van der Waals surface area contributed by atoms with Crippen molar-refractivity contribution < 1.29 is 4.79 Å². The molecule has 0 bridgehead atoms. The molecule has 112 valence electrons. The van der Waals surface area contributed by atoms with Crippen LogP contribution in [-0.4, -0.2) is 22.4 Å². The topological polar surface area (TPSA) is 59.0 Å². The molecule has 1 aromatic carbocycles. The zero-order valence-corrected chi connectivity index (χ0v) is 12.6. The Kier molecular flexibility index (Phi) is 5.37. The highest BCUT2D eigenvalue weighted by molar-refractivity contribution is 5.88. The van der Waals surface area contributed by atoms with Gasteiger partial charge in [0.2, 0.25) is 0 Å². The Labute approximate surface area is 125 Å². The molecule has 0 aliphatic rings. The first-order valence-electron chi connectivity index (χ1n) is 7.24. The first-order valence-corrected chi connectivity index (χ1v) is 7.24. The molecule has 0 radical (unpaired) electrons. The second-order valence-electron chi connectivity index (χ2n) is 5.12. The van der Waals surface area contributed by atoms with Crippen LogP contribution in [0, 0.1) is 6.92 Å². The molecule has 2 rings (SSSR count). The van der Waals surface area contributed by atoms with E-state index in [0.717, 1.165) is 25.0 Å². The third kappa shape index (κ3) is 4.95. The second kappa shape index (κ2) is 7.47. The van der Waals surface area contributed by atoms with Crippen LogP contribution in [0.4, 0.5) is 10.6 Å². The maximum atomic E-state index is 11.7. The number of amides is 2. The van der Waals surface area contributed by atoms with E-state index in [2.05, 4.69) is 40.0 Å². The number of rotatable bonds is 6. The number of benzene rings is 1. The number of unbranched alkanes of at least 4 members (excludes halogenated alkanes) is 1. The van der Waals surface area contributed by atoms with Gasteiger partial charge in [0.1, 0.15) is 0 Å². The highest BCUT2D eigenvalue weighted by atomic mass is 16.2. The fourth-order valence-electron chi connectivity index (χ4n) is 2.08. The van der Waals surface area contributed by atoms with Gasteiger partial charge in [0.05, 0.1) is 0 Å². The third-order valence-corrected chi connectivity index (χ3v) is 3.38. The van der Waals surface area contributed by atoms with Gasteiger partial charge in [-0.05, 0) is 31.7 Å². The summed E-state index contributed by atoms with van der Waals surface area (Å²) >= 11 is 0. The van der Waals surface area contributed by atoms with Crippen LogP contribution in [0.15, 0.2) is 36.4 Å². The minimum Gasteiger partial charge on any atom is -0.338 e. The Morgan fingerprint density at radius 3 is 2.67 bits per heavy atom. The fraction of sp³-hybridized carbons (Fsp3) is 0.375. The van der Waals surface area contributed by atoms with Gasteiger partial charge in [0, 0.05) is 25.4 Å². The number of aryl methyl sites for hydroxylation is 3. The minimum atomic E-state index is -0.201. The highest BCUT2D eigenvalue weighted by Crippen LogP contribution is 2.06. The zero-order valence-electron chi connectivity index (χ0n) is 12.6. The van der Waals surface area contributed by atoms with Crippen LogP contribution >= 0.6 is 0 Å². The third-order valence-electron chi connectivity index (χ3n) is 3.38. The Hall–Kier alpha value is -2.30. The van der Waals surface area contributed by atoms with Crippen molar-refractivity contribution in [2.24, 2.45) is 7.05 Å². The molecule has 5 nitrogen and oxygen atoms in total. The average Bonchev–Trinajstić information content (AvgIpc) is 2.78. The number of carbonyl (C=O) groups is 1. The summed E-state index contributed by atoms with van der Waals surface area (Å²) in [6, 6.07) is 12.0. The molecule has 0 saturated carbocycles. The number of hydrogen-bond donors (Lipinski definition) is 2. The number of nitrogens with one attached hydrogen (secondary N) is 2. The molecule has 5 heteroatoms. The molecule has 2 aromatic rings. The van der Waals surface area contributed by atoms with E-state index in [1.165, 1.54) is 5.56 Å². The average molecular weight is 286 g/mol. The molecular weight excluding hydrogens is 264 g/mol. The van der Waals surface area contributed by atoms with Crippen LogP contribution in [-0.2, 0) is 13.5 Å². The van der Waals surface area contributed by atoms with E-state index in [0.29, 0.717) is 12.4 Å². The predicted molar refractivity (Wildman–Crippen MR) is 84.3 cm³/mol. The summed E-state index contributed by atoms with van der Waals surface area (Å²) in [6.45, 7) is 2.62. The normalized spacial score (nSPS) is 10.4. The number of anilines is 1. The summed E-state index contributed by atoms with van der Waals surface area (Å²) in [4.78, 5) is 11.7. The lowest BCUT2D eigenvalue weighted by molar-refractivity contribution is 0.252. The Morgan fingerprint density at radius 2 is 2.00 bits per heavy atom. The molecule has 21 heavy (non-hydrogen) atoms. The van der Waals surface area contributed by atoms with E-state index in [4.69, 9.17) is 0 Å². The number of nitrogens with zero attached hydrogens (tertiary/aromatic N) is 2. The van der Waals surface area contributed by atoms with Crippen LogP contribution in [0.2, 0.25) is 0 Å². The SMILES string of the molecule is Cc1cc(NC(=O)NCCCCc2ccccc2)nn1C. The quantitative estimate of drug-likeness (QED) is 0.802. The van der Waals surface area contributed by atoms with Crippen LogP contribution in [0.3, 0.4) is 0 Å². The zero-order chi connectivity index (χ0) is 15.1. The summed E-state index contributed by atoms with van der Waals surface area (Å²) in [7, 11) is 1.85. The molecule has 0 saturated heterocycles. The lowest BCUT2D eigenvalue weighted by Gasteiger charge is -2.05. The van der Waals surface area contributed by atoms with Gasteiger partial charge in [0.15, 0.2) is 5.82 Å². The largest absolute Gasteiger partial charge is 0.338 e. The molecule has 0 aliphatic heterocycles. The molecule has 1 aromatic heterocycles. The standard InChI is InChI=1S/C16H22N4O/c1-13-12-15(19-20(13)2)18-16(21)17-11-7-6-10-14-8-4-3-5-9-14/h3-5,8-9,12H,6-7,10-11H2,1-2H3,(H2,17,18,19,21). The van der Waals surface area contributed by atoms with Crippen LogP contribution < -0.4 is 10.6 Å². The van der Waals surface area contributed by atoms with Crippen molar-refractivity contribution in [1.82, 2.24) is 15.1 Å². The molecule has 2 N–H and O–H groups in total. The van der Waals surface area contributed by atoms with E-state index >= 15 is 0 Å². The number of carbonyl (C=O) groups excluding carboxylic acids is 1. The van der Waals surface area contributed by atoms with Crippen molar-refractivity contribution in [3.63, 3.8) is 0 Å². The molecule has 0 spiro atoms. The summed E-state index contributed by atoms with van der Waals surface area (Å²) in [5.41, 5.74) is 2.35. The van der Waals surface area contributed by atoms with Crippen molar-refractivity contribution in [1.29, 1.82) is 0 Å². The van der Waals surface area contributed by atoms with E-state index in [-0.39, 0.29) is 6.03 Å². The molecule has 1 heterocycles. The number of urea groups is 1. The van der Waals surface area contributed by atoms with Crippen molar-refractivity contribution >= 4 is 11.8 Å². The predicted octanol–water partition coefficient (Wildman–Crippen LogP) is 2.87. The molecular formula is C16H22N4O. The number of aromatic nitrogens is 2. The van der Waals surface area contributed by atoms with Crippen molar-refractivity contribution in [2.75, 3.05) is 11.9 Å². The Balaban J connectivity index is 1.61. The summed E-state index contributed by atoms with van der Waals surface area (Å²) < 4.78 is 1.73. The van der Waals surface area contributed by atoms with Gasteiger partial charge < -0.3 is 5.32 Å². The summed E-state index contributed by atoms with van der Waals surface area (Å²) in [5.74, 6) is 0.580. The fourth-order valence-corrected chi connectivity index (χ4v) is 2.08. The van der Waals surface area contributed by atoms with Gasteiger partial charge in [-0.2, -0.15) is 5.10 Å². The highest BCUT2D eigenvalue weighted by Gasteiger charge is 2.05. The van der Waals surface area contributed by atoms with Crippen LogP contribution in [0.25, 0.3) is 0 Å². The first-order chi connectivity index (χ1) is 10.1. The monoisotopic (exact) mass is 286 g/mol. The second-order valence-corrected chi connectivity index (χ2v) is 5.12. The van der Waals surface area contributed by atoms with Gasteiger partial charge in [-0.1, -0.05) is 30.3 Å². The molecule has 0 aliphatic carbocycles. The van der Waals surface area contributed by atoms with E-state index in [1.54, 1.807) is 4.68 Å². The molecule has 0 unspecified atom stereocenters. The van der Waals surface area contributed by atoms with Gasteiger partial charge in [-0.3, -0.25) is 10.00 Å². The number of hydrogen-bond acceptors (Lipinski definition) is 2. The smallest absolute Gasteiger partial charge is 0.320 e. The first kappa shape index (κ1) is 15.1. The van der Waals surface area contributed by atoms with E-state index < -0.39 is 0 Å². The van der Waals surface area contributed by atoms with Gasteiger partial charge >= 0.3 is 6.03 Å². The van der Waals surface area contributed by atoms with Gasteiger partial charge in [-0.25, -0.2) is 4.79 Å². The van der Waals surface area contributed by atoms with Gasteiger partial charge in [-0.15, -0.1) is 0 Å². The van der Waals surface area contributed by atoms with Crippen LogP contribution in [0.5, 0.6) is 0 Å². The Bertz CT molecular complexity index is 558. The lowest BCUT2D eigenvalue weighted by Crippen LogP contribution is -2.29. The van der Waals surface area contributed by atoms with Crippen molar-refractivity contribution in [2.45, 2.75) is 26.2 Å². The van der Waals surface area contributed by atoms with E-state index in [1.807, 2.05) is 26.1 Å². The summed E-state index contributed by atoms with van der Waals surface area (Å²) in [5, 5.41) is 9.76. The van der Waals surface area contributed by atoms with E-state index in [9.17, 15) is 4.79 Å². The maximum absolute atomic E-state index is 11.7.